The molecule has 3 aliphatic rings. The van der Waals surface area contributed by atoms with Gasteiger partial charge in [-0.05, 0) is 50.9 Å². The lowest BCUT2D eigenvalue weighted by Crippen LogP contribution is -2.65. The SMILES string of the molecule is C=C(C)c1ccc2c(c1O)C(O)=C1C(=O)[C@]3(O)C(O)=C(C(N)=O)C(=O)[C@@H](N(C)C)[C@@H]3C[C@@H]1C2. The normalized spacial score (nSPS) is 29.1. The maximum absolute atomic E-state index is 13.7. The molecule has 0 bridgehead atoms. The van der Waals surface area contributed by atoms with E-state index in [1.165, 1.54) is 4.90 Å². The first kappa shape index (κ1) is 22.8. The van der Waals surface area contributed by atoms with E-state index in [2.05, 4.69) is 6.58 Å². The maximum Gasteiger partial charge on any atom is 0.255 e. The molecule has 4 rings (SSSR count). The first-order valence-corrected chi connectivity index (χ1v) is 10.5. The lowest BCUT2D eigenvalue weighted by Gasteiger charge is -2.50. The van der Waals surface area contributed by atoms with Gasteiger partial charge in [0.05, 0.1) is 11.6 Å². The third kappa shape index (κ3) is 2.89. The van der Waals surface area contributed by atoms with Crippen LogP contribution in [0.2, 0.25) is 0 Å². The van der Waals surface area contributed by atoms with E-state index in [0.717, 1.165) is 0 Å². The molecule has 0 aromatic heterocycles. The van der Waals surface area contributed by atoms with Crippen molar-refractivity contribution < 1.29 is 34.8 Å². The lowest BCUT2D eigenvalue weighted by molar-refractivity contribution is -0.153. The van der Waals surface area contributed by atoms with E-state index in [0.29, 0.717) is 16.7 Å². The van der Waals surface area contributed by atoms with Crippen molar-refractivity contribution in [2.45, 2.75) is 31.4 Å². The van der Waals surface area contributed by atoms with E-state index >= 15 is 0 Å². The number of fused-ring (bicyclic) bond motifs is 3. The summed E-state index contributed by atoms with van der Waals surface area (Å²) in [5.74, 6) is -6.57. The molecule has 0 spiro atoms. The third-order valence-corrected chi connectivity index (χ3v) is 7.05. The van der Waals surface area contributed by atoms with Crippen molar-refractivity contribution in [3.8, 4) is 5.75 Å². The number of benzene rings is 1. The fourth-order valence-electron chi connectivity index (χ4n) is 5.56. The van der Waals surface area contributed by atoms with Crippen LogP contribution in [0.3, 0.4) is 0 Å². The van der Waals surface area contributed by atoms with Gasteiger partial charge >= 0.3 is 0 Å². The van der Waals surface area contributed by atoms with Gasteiger partial charge in [0.15, 0.2) is 11.4 Å². The van der Waals surface area contributed by atoms with Crippen molar-refractivity contribution in [1.29, 1.82) is 0 Å². The molecule has 174 valence electrons. The number of allylic oxidation sites excluding steroid dienone is 1. The average Bonchev–Trinajstić information content (AvgIpc) is 2.70. The largest absolute Gasteiger partial charge is 0.508 e. The number of carbonyl (C=O) groups excluding carboxylic acids is 3. The summed E-state index contributed by atoms with van der Waals surface area (Å²) in [5.41, 5.74) is 3.28. The number of hydrogen-bond acceptors (Lipinski definition) is 8. The van der Waals surface area contributed by atoms with Crippen LogP contribution in [0.25, 0.3) is 11.3 Å². The number of phenolic OH excluding ortho intramolecular Hbond substituents is 1. The highest BCUT2D eigenvalue weighted by molar-refractivity contribution is 6.24. The highest BCUT2D eigenvalue weighted by Crippen LogP contribution is 2.53. The van der Waals surface area contributed by atoms with Crippen LogP contribution in [0, 0.1) is 11.8 Å². The second kappa shape index (κ2) is 7.29. The van der Waals surface area contributed by atoms with E-state index in [1.54, 1.807) is 33.2 Å². The van der Waals surface area contributed by atoms with E-state index in [4.69, 9.17) is 5.73 Å². The summed E-state index contributed by atoms with van der Waals surface area (Å²) in [4.78, 5) is 40.1. The number of aliphatic hydroxyl groups excluding tert-OH is 2. The minimum absolute atomic E-state index is 0.0618. The van der Waals surface area contributed by atoms with Crippen molar-refractivity contribution in [2.24, 2.45) is 17.6 Å². The third-order valence-electron chi connectivity index (χ3n) is 7.05. The number of carbonyl (C=O) groups is 3. The lowest BCUT2D eigenvalue weighted by atomic mass is 9.57. The van der Waals surface area contributed by atoms with Gasteiger partial charge in [-0.25, -0.2) is 0 Å². The molecule has 1 aromatic carbocycles. The van der Waals surface area contributed by atoms with Crippen molar-refractivity contribution in [2.75, 3.05) is 14.1 Å². The molecule has 9 nitrogen and oxygen atoms in total. The van der Waals surface area contributed by atoms with Gasteiger partial charge in [-0.3, -0.25) is 19.3 Å². The highest BCUT2D eigenvalue weighted by atomic mass is 16.3. The van der Waals surface area contributed by atoms with Gasteiger partial charge in [0.25, 0.3) is 5.91 Å². The van der Waals surface area contributed by atoms with Gasteiger partial charge < -0.3 is 26.2 Å². The molecule has 3 aliphatic carbocycles. The zero-order valence-corrected chi connectivity index (χ0v) is 18.5. The molecule has 0 radical (unpaired) electrons. The number of Topliss-reactive ketones (excluding diaryl/α,β-unsaturated/α-hetero) is 2. The summed E-state index contributed by atoms with van der Waals surface area (Å²) in [5, 5.41) is 44.2. The predicted molar refractivity (Wildman–Crippen MR) is 119 cm³/mol. The number of nitrogens with zero attached hydrogens (tertiary/aromatic N) is 1. The Hall–Kier alpha value is -3.43. The van der Waals surface area contributed by atoms with Crippen LogP contribution in [0.15, 0.2) is 35.6 Å². The number of phenols is 1. The van der Waals surface area contributed by atoms with Crippen molar-refractivity contribution in [1.82, 2.24) is 4.90 Å². The van der Waals surface area contributed by atoms with Crippen molar-refractivity contribution in [3.63, 3.8) is 0 Å². The molecular weight excluding hydrogens is 428 g/mol. The first-order chi connectivity index (χ1) is 15.3. The van der Waals surface area contributed by atoms with Crippen LogP contribution in [-0.4, -0.2) is 68.5 Å². The minimum Gasteiger partial charge on any atom is -0.508 e. The number of nitrogens with two attached hydrogens (primary N) is 1. The Labute approximate surface area is 190 Å². The Morgan fingerprint density at radius 2 is 1.85 bits per heavy atom. The minimum atomic E-state index is -2.63. The van der Waals surface area contributed by atoms with Crippen LogP contribution >= 0.6 is 0 Å². The van der Waals surface area contributed by atoms with Gasteiger partial charge in [-0.2, -0.15) is 0 Å². The zero-order chi connectivity index (χ0) is 24.6. The quantitative estimate of drug-likeness (QED) is 0.423. The van der Waals surface area contributed by atoms with Crippen LogP contribution in [-0.2, 0) is 20.8 Å². The van der Waals surface area contributed by atoms with Crippen LogP contribution < -0.4 is 5.73 Å². The Morgan fingerprint density at radius 3 is 2.39 bits per heavy atom. The highest BCUT2D eigenvalue weighted by Gasteiger charge is 2.64. The van der Waals surface area contributed by atoms with E-state index < -0.39 is 58.0 Å². The van der Waals surface area contributed by atoms with Crippen molar-refractivity contribution in [3.05, 3.63) is 52.3 Å². The number of ketones is 2. The van der Waals surface area contributed by atoms with Crippen LogP contribution in [0.1, 0.15) is 30.0 Å². The second-order valence-electron chi connectivity index (χ2n) is 9.24. The summed E-state index contributed by atoms with van der Waals surface area (Å²) in [6.45, 7) is 5.49. The molecule has 0 unspecified atom stereocenters. The Kier molecular flexibility index (Phi) is 5.03. The smallest absolute Gasteiger partial charge is 0.255 e. The maximum atomic E-state index is 13.7. The van der Waals surface area contributed by atoms with E-state index in [9.17, 15) is 34.8 Å². The van der Waals surface area contributed by atoms with Crippen molar-refractivity contribution >= 4 is 28.8 Å². The summed E-state index contributed by atoms with van der Waals surface area (Å²) >= 11 is 0. The van der Waals surface area contributed by atoms with Gasteiger partial charge in [-0.15, -0.1) is 0 Å². The molecule has 1 fully saturated rings. The summed E-state index contributed by atoms with van der Waals surface area (Å²) < 4.78 is 0. The zero-order valence-electron chi connectivity index (χ0n) is 18.5. The monoisotopic (exact) mass is 454 g/mol. The van der Waals surface area contributed by atoms with Gasteiger partial charge in [0, 0.05) is 17.1 Å². The number of aromatic hydroxyl groups is 1. The number of amides is 1. The Balaban J connectivity index is 1.98. The average molecular weight is 454 g/mol. The molecule has 33 heavy (non-hydrogen) atoms. The van der Waals surface area contributed by atoms with Crippen LogP contribution in [0.4, 0.5) is 0 Å². The number of likely N-dealkylation sites (N-methyl/N-ethyl adjacent to an activating group) is 1. The molecule has 9 heteroatoms. The fourth-order valence-corrected chi connectivity index (χ4v) is 5.56. The molecule has 0 aliphatic heterocycles. The first-order valence-electron chi connectivity index (χ1n) is 10.5. The fraction of sp³-hybridized carbons (Fsp3) is 0.375. The van der Waals surface area contributed by atoms with Crippen LogP contribution in [0.5, 0.6) is 5.75 Å². The molecule has 1 amide bonds. The molecule has 6 N–H and O–H groups in total. The Morgan fingerprint density at radius 1 is 1.21 bits per heavy atom. The topological polar surface area (TPSA) is 161 Å². The predicted octanol–water partition coefficient (Wildman–Crippen LogP) is 0.997. The number of primary amides is 1. The molecule has 0 heterocycles. The Bertz CT molecular complexity index is 1210. The standard InChI is InChI=1S/C24H26N2O7/c1-9(2)12-6-5-10-7-11-8-13-17(26(3)4)20(29)16(23(25)32)22(31)24(13,33)21(30)15(11)19(28)14(10)18(12)27/h5-6,11,13,17,27-28,31,33H,1,7-8H2,2-4H3,(H2,25,32)/t11-,13-,17-,24-/m0/s1. The summed E-state index contributed by atoms with van der Waals surface area (Å²) in [6.07, 6.45) is 0.327. The molecule has 1 saturated carbocycles. The van der Waals surface area contributed by atoms with E-state index in [1.807, 2.05) is 0 Å². The van der Waals surface area contributed by atoms with E-state index in [-0.39, 0.29) is 29.7 Å². The number of hydrogen-bond donors (Lipinski definition) is 5. The molecular formula is C24H26N2O7. The summed E-state index contributed by atoms with van der Waals surface area (Å²) in [7, 11) is 3.12. The number of aliphatic hydroxyl groups is 3. The van der Waals surface area contributed by atoms with Gasteiger partial charge in [0.2, 0.25) is 5.78 Å². The molecule has 1 aromatic rings. The van der Waals surface area contributed by atoms with Gasteiger partial charge in [0.1, 0.15) is 22.8 Å². The molecule has 4 atom stereocenters. The van der Waals surface area contributed by atoms with Gasteiger partial charge in [-0.1, -0.05) is 18.7 Å². The number of rotatable bonds is 3. The second-order valence-corrected chi connectivity index (χ2v) is 9.24. The molecule has 0 saturated heterocycles. The summed E-state index contributed by atoms with van der Waals surface area (Å²) in [6, 6.07) is 2.31.